The van der Waals surface area contributed by atoms with E-state index in [1.807, 2.05) is 0 Å². The van der Waals surface area contributed by atoms with E-state index in [4.69, 9.17) is 18.9 Å². The highest BCUT2D eigenvalue weighted by Crippen LogP contribution is 2.40. The van der Waals surface area contributed by atoms with Gasteiger partial charge in [0.2, 0.25) is 0 Å². The van der Waals surface area contributed by atoms with Crippen LogP contribution in [0.3, 0.4) is 0 Å². The lowest BCUT2D eigenvalue weighted by Crippen LogP contribution is -2.40. The largest absolute Gasteiger partial charge is 0.456 e. The first-order chi connectivity index (χ1) is 12.2. The van der Waals surface area contributed by atoms with Crippen LogP contribution in [0.1, 0.15) is 37.6 Å². The van der Waals surface area contributed by atoms with Crippen molar-refractivity contribution >= 4 is 11.7 Å². The lowest BCUT2D eigenvalue weighted by atomic mass is 10.0. The lowest BCUT2D eigenvalue weighted by Gasteiger charge is -2.27. The van der Waals surface area contributed by atoms with Crippen molar-refractivity contribution in [2.75, 3.05) is 0 Å². The summed E-state index contributed by atoms with van der Waals surface area (Å²) in [5.74, 6) is -1.64. The van der Waals surface area contributed by atoms with Crippen molar-refractivity contribution in [3.63, 3.8) is 0 Å². The van der Waals surface area contributed by atoms with Crippen LogP contribution in [0.2, 0.25) is 0 Å². The van der Waals surface area contributed by atoms with Gasteiger partial charge in [-0.05, 0) is 32.4 Å². The van der Waals surface area contributed by atoms with Crippen LogP contribution in [0, 0.1) is 10.1 Å². The predicted octanol–water partition coefficient (Wildman–Crippen LogP) is 2.74. The number of hydrogen-bond donors (Lipinski definition) is 0. The lowest BCUT2D eigenvalue weighted by molar-refractivity contribution is -0.384. The van der Waals surface area contributed by atoms with E-state index in [2.05, 4.69) is 0 Å². The maximum Gasteiger partial charge on any atom is 0.338 e. The third-order valence-electron chi connectivity index (χ3n) is 4.35. The molecule has 1 aromatic carbocycles. The SMILES string of the molecule is CC[C@H](OC(=O)c1ccc([N+](=O)[O-])cc1)[C@H]1O[C@@H]2OC(C)(C)O[C@@H]2[C@H]1F. The van der Waals surface area contributed by atoms with E-state index in [0.717, 1.165) is 0 Å². The van der Waals surface area contributed by atoms with E-state index in [9.17, 15) is 19.3 Å². The van der Waals surface area contributed by atoms with E-state index in [1.54, 1.807) is 20.8 Å². The molecule has 0 N–H and O–H groups in total. The van der Waals surface area contributed by atoms with Crippen molar-refractivity contribution in [2.24, 2.45) is 0 Å². The maximum absolute atomic E-state index is 14.7. The minimum Gasteiger partial charge on any atom is -0.456 e. The minimum absolute atomic E-state index is 0.135. The summed E-state index contributed by atoms with van der Waals surface area (Å²) in [5, 5.41) is 10.7. The second-order valence-corrected chi connectivity index (χ2v) is 6.67. The van der Waals surface area contributed by atoms with Gasteiger partial charge in [-0.25, -0.2) is 9.18 Å². The summed E-state index contributed by atoms with van der Waals surface area (Å²) in [5.41, 5.74) is -0.00226. The van der Waals surface area contributed by atoms with Gasteiger partial charge in [0.1, 0.15) is 18.3 Å². The Bertz CT molecular complexity index is 693. The normalized spacial score (nSPS) is 30.6. The van der Waals surface area contributed by atoms with Crippen LogP contribution in [0.5, 0.6) is 0 Å². The van der Waals surface area contributed by atoms with Crippen LogP contribution in [0.25, 0.3) is 0 Å². The molecule has 0 aromatic heterocycles. The van der Waals surface area contributed by atoms with Crippen molar-refractivity contribution in [1.82, 2.24) is 0 Å². The zero-order valence-electron chi connectivity index (χ0n) is 14.6. The maximum atomic E-state index is 14.7. The molecule has 0 bridgehead atoms. The first-order valence-electron chi connectivity index (χ1n) is 8.32. The molecule has 9 heteroatoms. The number of esters is 1. The molecule has 2 aliphatic rings. The monoisotopic (exact) mass is 369 g/mol. The van der Waals surface area contributed by atoms with Crippen molar-refractivity contribution in [3.05, 3.63) is 39.9 Å². The van der Waals surface area contributed by atoms with Crippen LogP contribution in [0.15, 0.2) is 24.3 Å². The van der Waals surface area contributed by atoms with Gasteiger partial charge in [0.05, 0.1) is 10.5 Å². The van der Waals surface area contributed by atoms with Gasteiger partial charge >= 0.3 is 5.97 Å². The summed E-state index contributed by atoms with van der Waals surface area (Å²) in [4.78, 5) is 22.4. The zero-order chi connectivity index (χ0) is 19.1. The Morgan fingerprint density at radius 2 is 2.00 bits per heavy atom. The number of carbonyl (C=O) groups is 1. The van der Waals surface area contributed by atoms with E-state index >= 15 is 0 Å². The quantitative estimate of drug-likeness (QED) is 0.447. The number of alkyl halides is 1. The van der Waals surface area contributed by atoms with E-state index in [1.165, 1.54) is 24.3 Å². The number of halogens is 1. The second-order valence-electron chi connectivity index (χ2n) is 6.67. The molecule has 3 rings (SSSR count). The van der Waals surface area contributed by atoms with Crippen LogP contribution in [-0.4, -0.2) is 47.5 Å². The Morgan fingerprint density at radius 1 is 1.35 bits per heavy atom. The van der Waals surface area contributed by atoms with Gasteiger partial charge in [-0.3, -0.25) is 10.1 Å². The summed E-state index contributed by atoms with van der Waals surface area (Å²) < 4.78 is 36.7. The highest BCUT2D eigenvalue weighted by molar-refractivity contribution is 5.89. The number of fused-ring (bicyclic) bond motifs is 1. The first kappa shape index (κ1) is 18.7. The van der Waals surface area contributed by atoms with Crippen LogP contribution in [-0.2, 0) is 18.9 Å². The Hall–Kier alpha value is -2.10. The van der Waals surface area contributed by atoms with Gasteiger partial charge in [-0.1, -0.05) is 6.92 Å². The van der Waals surface area contributed by atoms with Crippen molar-refractivity contribution < 1.29 is 33.1 Å². The minimum atomic E-state index is -1.50. The third-order valence-corrected chi connectivity index (χ3v) is 4.35. The third kappa shape index (κ3) is 3.55. The molecule has 8 nitrogen and oxygen atoms in total. The van der Waals surface area contributed by atoms with Crippen LogP contribution in [0.4, 0.5) is 10.1 Å². The molecule has 0 saturated carbocycles. The number of nitro benzene ring substituents is 1. The number of carbonyl (C=O) groups excluding carboxylic acids is 1. The number of benzene rings is 1. The Kier molecular flexibility index (Phi) is 4.96. The van der Waals surface area contributed by atoms with Crippen molar-refractivity contribution in [3.8, 4) is 0 Å². The topological polar surface area (TPSA) is 97.1 Å². The fourth-order valence-electron chi connectivity index (χ4n) is 3.10. The Balaban J connectivity index is 1.66. The molecule has 0 spiro atoms. The summed E-state index contributed by atoms with van der Waals surface area (Å²) in [6, 6.07) is 4.99. The summed E-state index contributed by atoms with van der Waals surface area (Å²) in [6.45, 7) is 5.08. The van der Waals surface area contributed by atoms with Crippen LogP contribution >= 0.6 is 0 Å². The van der Waals surface area contributed by atoms with Gasteiger partial charge in [-0.2, -0.15) is 0 Å². The van der Waals surface area contributed by atoms with Gasteiger partial charge in [0.15, 0.2) is 18.2 Å². The summed E-state index contributed by atoms with van der Waals surface area (Å²) in [6.07, 6.45) is -4.75. The second kappa shape index (κ2) is 6.90. The number of hydrogen-bond acceptors (Lipinski definition) is 7. The molecule has 2 fully saturated rings. The van der Waals surface area contributed by atoms with E-state index < -0.39 is 47.5 Å². The standard InChI is InChI=1S/C17H20FNO7/c1-4-11(13-12(18)14-16(24-13)26-17(2,3)25-14)23-15(20)9-5-7-10(8-6-9)19(21)22/h5-8,11-14,16H,4H2,1-3H3/t11-,12-,13+,14+,16+/m0/s1. The van der Waals surface area contributed by atoms with E-state index in [0.29, 0.717) is 6.42 Å². The summed E-state index contributed by atoms with van der Waals surface area (Å²) in [7, 11) is 0. The van der Waals surface area contributed by atoms with Crippen LogP contribution < -0.4 is 0 Å². The number of ether oxygens (including phenoxy) is 4. The molecule has 26 heavy (non-hydrogen) atoms. The van der Waals surface area contributed by atoms with E-state index in [-0.39, 0.29) is 11.3 Å². The number of rotatable bonds is 5. The zero-order valence-corrected chi connectivity index (χ0v) is 14.6. The van der Waals surface area contributed by atoms with Gasteiger partial charge in [0.25, 0.3) is 5.69 Å². The predicted molar refractivity (Wildman–Crippen MR) is 86.2 cm³/mol. The Morgan fingerprint density at radius 3 is 2.54 bits per heavy atom. The summed E-state index contributed by atoms with van der Waals surface area (Å²) >= 11 is 0. The molecule has 0 unspecified atom stereocenters. The number of non-ortho nitro benzene ring substituents is 1. The molecule has 0 aliphatic carbocycles. The molecule has 142 valence electrons. The molecule has 0 radical (unpaired) electrons. The fourth-order valence-corrected chi connectivity index (χ4v) is 3.10. The van der Waals surface area contributed by atoms with Crippen molar-refractivity contribution in [2.45, 2.75) is 63.8 Å². The number of nitro groups is 1. The van der Waals surface area contributed by atoms with Gasteiger partial charge in [0, 0.05) is 12.1 Å². The number of nitrogens with zero attached hydrogens (tertiary/aromatic N) is 1. The highest BCUT2D eigenvalue weighted by atomic mass is 19.1. The Labute approximate surface area is 149 Å². The van der Waals surface area contributed by atoms with Crippen molar-refractivity contribution in [1.29, 1.82) is 0 Å². The molecule has 2 saturated heterocycles. The molecular weight excluding hydrogens is 349 g/mol. The van der Waals surface area contributed by atoms with Gasteiger partial charge in [-0.15, -0.1) is 0 Å². The molecule has 2 aliphatic heterocycles. The molecule has 5 atom stereocenters. The molecular formula is C17H20FNO7. The molecule has 1 aromatic rings. The fraction of sp³-hybridized carbons (Fsp3) is 0.588. The smallest absolute Gasteiger partial charge is 0.338 e. The molecule has 2 heterocycles. The molecule has 0 amide bonds. The average molecular weight is 369 g/mol. The van der Waals surface area contributed by atoms with Gasteiger partial charge < -0.3 is 18.9 Å². The first-order valence-corrected chi connectivity index (χ1v) is 8.32. The average Bonchev–Trinajstić information content (AvgIpc) is 3.05. The highest BCUT2D eigenvalue weighted by Gasteiger charge is 2.57.